The minimum absolute atomic E-state index is 0.673. The van der Waals surface area contributed by atoms with Crippen molar-refractivity contribution in [1.82, 2.24) is 10.2 Å². The Hall–Kier alpha value is -0.840. The van der Waals surface area contributed by atoms with Gasteiger partial charge in [0.25, 0.3) is 0 Å². The molecule has 1 unspecified atom stereocenters. The molecule has 0 saturated carbocycles. The van der Waals surface area contributed by atoms with Crippen molar-refractivity contribution >= 4 is 0 Å². The number of rotatable bonds is 6. The second-order valence-corrected chi connectivity index (χ2v) is 5.55. The summed E-state index contributed by atoms with van der Waals surface area (Å²) < 4.78 is 11.2. The van der Waals surface area contributed by atoms with Gasteiger partial charge in [0.05, 0.1) is 19.7 Å². The minimum atomic E-state index is 0.673. The van der Waals surface area contributed by atoms with Gasteiger partial charge in [0.1, 0.15) is 11.5 Å². The van der Waals surface area contributed by atoms with Gasteiger partial charge in [-0.15, -0.1) is 0 Å². The number of nitrogens with zero attached hydrogens (tertiary/aromatic N) is 1. The first-order chi connectivity index (χ1) is 9.22. The molecule has 4 nitrogen and oxygen atoms in total. The zero-order chi connectivity index (χ0) is 13.7. The number of hydrogen-bond donors (Lipinski definition) is 1. The fourth-order valence-electron chi connectivity index (χ4n) is 2.89. The molecule has 0 aromatic carbocycles. The van der Waals surface area contributed by atoms with E-state index in [9.17, 15) is 0 Å². The highest BCUT2D eigenvalue weighted by atomic mass is 16.5. The standard InChI is InChI=1S/C15H26N2O2/c1-12-7-14(19-15(12)8-16-2)10-17-6-4-5-13(9-17)11-18-3/h7,13,16H,4-6,8-11H2,1-3H3. The smallest absolute Gasteiger partial charge is 0.120 e. The first kappa shape index (κ1) is 14.6. The van der Waals surface area contributed by atoms with Crippen LogP contribution in [0.15, 0.2) is 10.5 Å². The number of hydrogen-bond acceptors (Lipinski definition) is 4. The Morgan fingerprint density at radius 3 is 3.11 bits per heavy atom. The number of likely N-dealkylation sites (tertiary alicyclic amines) is 1. The van der Waals surface area contributed by atoms with Gasteiger partial charge in [0.15, 0.2) is 0 Å². The SMILES string of the molecule is CNCc1oc(CN2CCCC(COC)C2)cc1C. The molecular weight excluding hydrogens is 240 g/mol. The first-order valence-electron chi connectivity index (χ1n) is 7.17. The van der Waals surface area contributed by atoms with Crippen LogP contribution in [-0.2, 0) is 17.8 Å². The van der Waals surface area contributed by atoms with E-state index in [0.29, 0.717) is 5.92 Å². The molecule has 19 heavy (non-hydrogen) atoms. The molecule has 4 heteroatoms. The quantitative estimate of drug-likeness (QED) is 0.856. The van der Waals surface area contributed by atoms with Crippen molar-refractivity contribution in [3.8, 4) is 0 Å². The van der Waals surface area contributed by atoms with Crippen LogP contribution < -0.4 is 5.32 Å². The van der Waals surface area contributed by atoms with Crippen molar-refractivity contribution in [2.75, 3.05) is 33.9 Å². The van der Waals surface area contributed by atoms with Crippen LogP contribution in [0, 0.1) is 12.8 Å². The van der Waals surface area contributed by atoms with Crippen LogP contribution in [0.5, 0.6) is 0 Å². The van der Waals surface area contributed by atoms with Crippen LogP contribution in [0.3, 0.4) is 0 Å². The predicted octanol–water partition coefficient (Wildman–Crippen LogP) is 2.17. The highest BCUT2D eigenvalue weighted by molar-refractivity contribution is 5.20. The van der Waals surface area contributed by atoms with Gasteiger partial charge in [0.2, 0.25) is 0 Å². The largest absolute Gasteiger partial charge is 0.463 e. The van der Waals surface area contributed by atoms with Crippen LogP contribution in [0.1, 0.15) is 29.9 Å². The van der Waals surface area contributed by atoms with Gasteiger partial charge in [-0.2, -0.15) is 0 Å². The third-order valence-corrected chi connectivity index (χ3v) is 3.79. The maximum atomic E-state index is 5.92. The zero-order valence-electron chi connectivity index (χ0n) is 12.4. The predicted molar refractivity (Wildman–Crippen MR) is 76.1 cm³/mol. The van der Waals surface area contributed by atoms with Crippen molar-refractivity contribution in [3.63, 3.8) is 0 Å². The molecule has 1 aliphatic heterocycles. The van der Waals surface area contributed by atoms with Crippen molar-refractivity contribution in [3.05, 3.63) is 23.2 Å². The highest BCUT2D eigenvalue weighted by Crippen LogP contribution is 2.21. The average Bonchev–Trinajstić information content (AvgIpc) is 2.71. The lowest BCUT2D eigenvalue weighted by atomic mass is 9.99. The fraction of sp³-hybridized carbons (Fsp3) is 0.733. The fourth-order valence-corrected chi connectivity index (χ4v) is 2.89. The Morgan fingerprint density at radius 2 is 2.37 bits per heavy atom. The molecule has 0 radical (unpaired) electrons. The first-order valence-corrected chi connectivity index (χ1v) is 7.17. The maximum absolute atomic E-state index is 5.92. The van der Waals surface area contributed by atoms with E-state index in [0.717, 1.165) is 37.8 Å². The van der Waals surface area contributed by atoms with E-state index >= 15 is 0 Å². The number of nitrogens with one attached hydrogen (secondary N) is 1. The van der Waals surface area contributed by atoms with Crippen LogP contribution >= 0.6 is 0 Å². The molecule has 2 heterocycles. The van der Waals surface area contributed by atoms with Gasteiger partial charge in [0, 0.05) is 13.7 Å². The van der Waals surface area contributed by atoms with Crippen molar-refractivity contribution in [2.24, 2.45) is 5.92 Å². The van der Waals surface area contributed by atoms with E-state index in [2.05, 4.69) is 23.2 Å². The van der Waals surface area contributed by atoms with Gasteiger partial charge in [-0.25, -0.2) is 0 Å². The molecule has 1 aromatic heterocycles. The third-order valence-electron chi connectivity index (χ3n) is 3.79. The Labute approximate surface area is 116 Å². The van der Waals surface area contributed by atoms with Gasteiger partial charge in [-0.3, -0.25) is 4.90 Å². The number of furan rings is 1. The van der Waals surface area contributed by atoms with E-state index in [1.54, 1.807) is 7.11 Å². The summed E-state index contributed by atoms with van der Waals surface area (Å²) in [6.45, 7) is 7.00. The van der Waals surface area contributed by atoms with Gasteiger partial charge in [-0.1, -0.05) is 0 Å². The second-order valence-electron chi connectivity index (χ2n) is 5.55. The molecule has 0 bridgehead atoms. The summed E-state index contributed by atoms with van der Waals surface area (Å²) in [5, 5.41) is 3.14. The van der Waals surface area contributed by atoms with E-state index in [1.165, 1.54) is 24.9 Å². The van der Waals surface area contributed by atoms with Crippen molar-refractivity contribution in [1.29, 1.82) is 0 Å². The molecule has 1 atom stereocenters. The lowest BCUT2D eigenvalue weighted by Crippen LogP contribution is -2.36. The van der Waals surface area contributed by atoms with Crippen LogP contribution in [0.4, 0.5) is 0 Å². The van der Waals surface area contributed by atoms with Gasteiger partial charge >= 0.3 is 0 Å². The average molecular weight is 266 g/mol. The monoisotopic (exact) mass is 266 g/mol. The summed E-state index contributed by atoms with van der Waals surface area (Å²) in [4.78, 5) is 2.48. The molecule has 0 amide bonds. The third kappa shape index (κ3) is 4.06. The number of methoxy groups -OCH3 is 1. The van der Waals surface area contributed by atoms with E-state index in [1.807, 2.05) is 7.05 Å². The molecule has 1 saturated heterocycles. The van der Waals surface area contributed by atoms with E-state index in [4.69, 9.17) is 9.15 Å². The second kappa shape index (κ2) is 7.08. The highest BCUT2D eigenvalue weighted by Gasteiger charge is 2.21. The maximum Gasteiger partial charge on any atom is 0.120 e. The Kier molecular flexibility index (Phi) is 5.43. The molecular formula is C15H26N2O2. The normalized spacial score (nSPS) is 20.9. The number of piperidine rings is 1. The van der Waals surface area contributed by atoms with Gasteiger partial charge in [-0.05, 0) is 50.9 Å². The molecule has 0 aliphatic carbocycles. The molecule has 0 spiro atoms. The molecule has 1 N–H and O–H groups in total. The molecule has 108 valence electrons. The van der Waals surface area contributed by atoms with Crippen LogP contribution in [-0.4, -0.2) is 38.8 Å². The Bertz CT molecular complexity index is 387. The summed E-state index contributed by atoms with van der Waals surface area (Å²) in [5.74, 6) is 2.82. The topological polar surface area (TPSA) is 37.6 Å². The number of ether oxygens (including phenoxy) is 1. The molecule has 1 aromatic rings. The summed E-state index contributed by atoms with van der Waals surface area (Å²) in [6, 6.07) is 2.17. The summed E-state index contributed by atoms with van der Waals surface area (Å²) >= 11 is 0. The number of aryl methyl sites for hydroxylation is 1. The Balaban J connectivity index is 1.91. The van der Waals surface area contributed by atoms with E-state index < -0.39 is 0 Å². The summed E-state index contributed by atoms with van der Waals surface area (Å²) in [6.07, 6.45) is 2.55. The van der Waals surface area contributed by atoms with Crippen molar-refractivity contribution < 1.29 is 9.15 Å². The lowest BCUT2D eigenvalue weighted by molar-refractivity contribution is 0.0838. The van der Waals surface area contributed by atoms with Crippen LogP contribution in [0.2, 0.25) is 0 Å². The summed E-state index contributed by atoms with van der Waals surface area (Å²) in [5.41, 5.74) is 1.25. The Morgan fingerprint density at radius 1 is 1.53 bits per heavy atom. The van der Waals surface area contributed by atoms with Crippen molar-refractivity contribution in [2.45, 2.75) is 32.9 Å². The zero-order valence-corrected chi connectivity index (χ0v) is 12.4. The summed E-state index contributed by atoms with van der Waals surface area (Å²) in [7, 11) is 3.74. The molecule has 1 aliphatic rings. The van der Waals surface area contributed by atoms with Crippen LogP contribution in [0.25, 0.3) is 0 Å². The lowest BCUT2D eigenvalue weighted by Gasteiger charge is -2.31. The molecule has 2 rings (SSSR count). The van der Waals surface area contributed by atoms with E-state index in [-0.39, 0.29) is 0 Å². The minimum Gasteiger partial charge on any atom is -0.463 e. The van der Waals surface area contributed by atoms with Gasteiger partial charge < -0.3 is 14.5 Å². The molecule has 1 fully saturated rings.